The highest BCUT2D eigenvalue weighted by Crippen LogP contribution is 2.23. The van der Waals surface area contributed by atoms with Crippen molar-refractivity contribution in [2.24, 2.45) is 16.8 Å². The molecule has 2 aliphatic rings. The molecule has 0 aromatic heterocycles. The minimum Gasteiger partial charge on any atom is -0.355 e. The number of piperidine rings is 1. The van der Waals surface area contributed by atoms with Gasteiger partial charge in [-0.05, 0) is 37.5 Å². The van der Waals surface area contributed by atoms with E-state index in [9.17, 15) is 4.21 Å². The summed E-state index contributed by atoms with van der Waals surface area (Å²) < 4.78 is 12.1. The molecular formula is C19H39IN4OS. The fourth-order valence-corrected chi connectivity index (χ4v) is 5.79. The van der Waals surface area contributed by atoms with Gasteiger partial charge >= 0.3 is 0 Å². The molecule has 1 aliphatic heterocycles. The van der Waals surface area contributed by atoms with Gasteiger partial charge in [-0.15, -0.1) is 24.0 Å². The van der Waals surface area contributed by atoms with Crippen LogP contribution in [0.25, 0.3) is 0 Å². The van der Waals surface area contributed by atoms with Gasteiger partial charge in [0, 0.05) is 61.1 Å². The van der Waals surface area contributed by atoms with E-state index in [4.69, 9.17) is 0 Å². The summed E-state index contributed by atoms with van der Waals surface area (Å²) in [4.78, 5) is 6.95. The lowest BCUT2D eigenvalue weighted by atomic mass is 9.92. The first kappa shape index (κ1) is 24.1. The molecule has 1 saturated carbocycles. The van der Waals surface area contributed by atoms with Gasteiger partial charge in [-0.25, -0.2) is 0 Å². The monoisotopic (exact) mass is 498 g/mol. The lowest BCUT2D eigenvalue weighted by Crippen LogP contribution is -2.49. The Labute approximate surface area is 180 Å². The summed E-state index contributed by atoms with van der Waals surface area (Å²) in [7, 11) is 1.16. The zero-order valence-corrected chi connectivity index (χ0v) is 20.1. The molecule has 5 atom stereocenters. The molecular weight excluding hydrogens is 459 g/mol. The first-order valence-corrected chi connectivity index (χ1v) is 11.5. The maximum atomic E-state index is 12.1. The van der Waals surface area contributed by atoms with E-state index < -0.39 is 10.8 Å². The Bertz CT molecular complexity index is 453. The van der Waals surface area contributed by atoms with Gasteiger partial charge in [0.25, 0.3) is 0 Å². The largest absolute Gasteiger partial charge is 0.355 e. The van der Waals surface area contributed by atoms with E-state index in [1.54, 1.807) is 0 Å². The summed E-state index contributed by atoms with van der Waals surface area (Å²) in [6.45, 7) is 11.2. The summed E-state index contributed by atoms with van der Waals surface area (Å²) in [6, 6.07) is 0.399. The van der Waals surface area contributed by atoms with Crippen molar-refractivity contribution >= 4 is 40.7 Å². The summed E-state index contributed by atoms with van der Waals surface area (Å²) in [6.07, 6.45) is 5.78. The Morgan fingerprint density at radius 1 is 1.19 bits per heavy atom. The molecule has 154 valence electrons. The quantitative estimate of drug-likeness (QED) is 0.336. The Morgan fingerprint density at radius 3 is 2.50 bits per heavy atom. The number of guanidine groups is 1. The first-order chi connectivity index (χ1) is 12.0. The molecule has 5 unspecified atom stereocenters. The number of halogens is 1. The van der Waals surface area contributed by atoms with E-state index in [2.05, 4.69) is 34.4 Å². The molecule has 0 spiro atoms. The van der Waals surface area contributed by atoms with Crippen LogP contribution in [0.2, 0.25) is 0 Å². The number of hydrogen-bond donors (Lipinski definition) is 2. The van der Waals surface area contributed by atoms with Gasteiger partial charge < -0.3 is 15.5 Å². The Morgan fingerprint density at radius 2 is 1.88 bits per heavy atom. The third-order valence-electron chi connectivity index (χ3n) is 5.51. The smallest absolute Gasteiger partial charge is 0.191 e. The minimum absolute atomic E-state index is 0. The van der Waals surface area contributed by atoms with Gasteiger partial charge in [-0.2, -0.15) is 0 Å². The average molecular weight is 499 g/mol. The molecule has 2 rings (SSSR count). The highest BCUT2D eigenvalue weighted by atomic mass is 127. The Balaban J connectivity index is 0.00000338. The first-order valence-electron chi connectivity index (χ1n) is 10.1. The van der Waals surface area contributed by atoms with Crippen molar-refractivity contribution in [3.8, 4) is 0 Å². The highest BCUT2D eigenvalue weighted by molar-refractivity contribution is 14.0. The number of aliphatic imine (C=N–C) groups is 1. The molecule has 0 aromatic carbocycles. The summed E-state index contributed by atoms with van der Waals surface area (Å²) in [5.74, 6) is 3.28. The predicted octanol–water partition coefficient (Wildman–Crippen LogP) is 2.83. The second-order valence-corrected chi connectivity index (χ2v) is 10.0. The fraction of sp³-hybridized carbons (Fsp3) is 0.947. The van der Waals surface area contributed by atoms with Crippen LogP contribution in [-0.2, 0) is 10.8 Å². The van der Waals surface area contributed by atoms with Gasteiger partial charge in [0.05, 0.1) is 0 Å². The maximum absolute atomic E-state index is 12.1. The van der Waals surface area contributed by atoms with E-state index >= 15 is 0 Å². The lowest BCUT2D eigenvalue weighted by molar-refractivity contribution is 0.143. The van der Waals surface area contributed by atoms with E-state index in [-0.39, 0.29) is 24.0 Å². The van der Waals surface area contributed by atoms with Crippen LogP contribution in [-0.4, -0.2) is 65.3 Å². The number of likely N-dealkylation sites (tertiary alicyclic amines) is 1. The molecule has 26 heavy (non-hydrogen) atoms. The zero-order valence-electron chi connectivity index (χ0n) is 17.0. The molecule has 0 bridgehead atoms. The maximum Gasteiger partial charge on any atom is 0.191 e. The van der Waals surface area contributed by atoms with E-state index in [1.165, 1.54) is 19.5 Å². The van der Waals surface area contributed by atoms with Crippen LogP contribution in [0.3, 0.4) is 0 Å². The van der Waals surface area contributed by atoms with Crippen LogP contribution < -0.4 is 10.6 Å². The van der Waals surface area contributed by atoms with Crippen LogP contribution in [0.1, 0.15) is 52.9 Å². The molecule has 5 nitrogen and oxygen atoms in total. The van der Waals surface area contributed by atoms with Gasteiger partial charge in [0.1, 0.15) is 0 Å². The van der Waals surface area contributed by atoms with Crippen molar-refractivity contribution in [3.63, 3.8) is 0 Å². The van der Waals surface area contributed by atoms with Crippen molar-refractivity contribution in [1.29, 1.82) is 0 Å². The second-order valence-electron chi connectivity index (χ2n) is 8.00. The van der Waals surface area contributed by atoms with Crippen LogP contribution in [0.4, 0.5) is 0 Å². The molecule has 2 fully saturated rings. The van der Waals surface area contributed by atoms with Gasteiger partial charge in [0.15, 0.2) is 5.96 Å². The molecule has 1 aliphatic carbocycles. The summed E-state index contributed by atoms with van der Waals surface area (Å²) >= 11 is 0. The van der Waals surface area contributed by atoms with Gasteiger partial charge in [-0.1, -0.05) is 27.2 Å². The van der Waals surface area contributed by atoms with Crippen molar-refractivity contribution in [2.75, 3.05) is 39.0 Å². The molecule has 0 aromatic rings. The third-order valence-corrected chi connectivity index (χ3v) is 7.25. The van der Waals surface area contributed by atoms with Gasteiger partial charge in [0.2, 0.25) is 0 Å². The van der Waals surface area contributed by atoms with Crippen LogP contribution in [0.5, 0.6) is 0 Å². The van der Waals surface area contributed by atoms with Crippen LogP contribution in [0.15, 0.2) is 4.99 Å². The Hall–Kier alpha value is 0.110. The van der Waals surface area contributed by atoms with Crippen LogP contribution in [0, 0.1) is 11.8 Å². The predicted molar refractivity (Wildman–Crippen MR) is 124 cm³/mol. The normalized spacial score (nSPS) is 31.8. The van der Waals surface area contributed by atoms with Crippen molar-refractivity contribution in [1.82, 2.24) is 15.5 Å². The Kier molecular flexibility index (Phi) is 11.7. The molecule has 0 amide bonds. The number of rotatable bonds is 6. The van der Waals surface area contributed by atoms with E-state index in [0.717, 1.165) is 62.3 Å². The van der Waals surface area contributed by atoms with Crippen molar-refractivity contribution in [3.05, 3.63) is 0 Å². The lowest BCUT2D eigenvalue weighted by Gasteiger charge is -2.35. The van der Waals surface area contributed by atoms with Gasteiger partial charge in [-0.3, -0.25) is 9.20 Å². The second kappa shape index (κ2) is 12.5. The molecule has 1 heterocycles. The third kappa shape index (κ3) is 8.00. The highest BCUT2D eigenvalue weighted by Gasteiger charge is 2.26. The SMILES string of the molecule is CCS(=O)C1CCCC(NC(=NC)NCCN2CC(C)CC(C)C2)C1.I. The van der Waals surface area contributed by atoms with E-state index in [0.29, 0.717) is 11.3 Å². The molecule has 2 N–H and O–H groups in total. The standard InChI is InChI=1S/C19H38N4OS.HI/c1-5-25(24)18-8-6-7-17(12-18)22-19(20-4)21-9-10-23-13-15(2)11-16(3)14-23;/h15-18H,5-14H2,1-4H3,(H2,20,21,22);1H. The summed E-state index contributed by atoms with van der Waals surface area (Å²) in [5.41, 5.74) is 0. The number of hydrogen-bond acceptors (Lipinski definition) is 3. The zero-order chi connectivity index (χ0) is 18.2. The molecule has 0 radical (unpaired) electrons. The van der Waals surface area contributed by atoms with Crippen LogP contribution >= 0.6 is 24.0 Å². The average Bonchev–Trinajstić information content (AvgIpc) is 2.59. The minimum atomic E-state index is -0.674. The number of nitrogens with one attached hydrogen (secondary N) is 2. The number of nitrogens with zero attached hydrogens (tertiary/aromatic N) is 2. The fourth-order valence-electron chi connectivity index (χ4n) is 4.45. The molecule has 7 heteroatoms. The van der Waals surface area contributed by atoms with Crippen molar-refractivity contribution < 1.29 is 4.21 Å². The van der Waals surface area contributed by atoms with E-state index in [1.807, 2.05) is 14.0 Å². The topological polar surface area (TPSA) is 56.7 Å². The summed E-state index contributed by atoms with van der Waals surface area (Å²) in [5, 5.41) is 7.38. The van der Waals surface area contributed by atoms with Crippen molar-refractivity contribution in [2.45, 2.75) is 64.2 Å². The molecule has 1 saturated heterocycles.